The van der Waals surface area contributed by atoms with Crippen LogP contribution < -0.4 is 5.32 Å². The molecular weight excluding hydrogens is 150 g/mol. The summed E-state index contributed by atoms with van der Waals surface area (Å²) in [7, 11) is 2.01. The fourth-order valence-corrected chi connectivity index (χ4v) is 0.998. The van der Waals surface area contributed by atoms with E-state index >= 15 is 0 Å². The van der Waals surface area contributed by atoms with Gasteiger partial charge in [0.25, 0.3) is 0 Å². The number of hydrogen-bond acceptors (Lipinski definition) is 2. The van der Waals surface area contributed by atoms with Crippen molar-refractivity contribution >= 4 is 0 Å². The Hall–Kier alpha value is -0.0800. The second-order valence-electron chi connectivity index (χ2n) is 3.83. The molecule has 1 atom stereocenters. The highest BCUT2D eigenvalue weighted by atomic mass is 16.5. The number of nitrogens with one attached hydrogen (secondary N) is 1. The van der Waals surface area contributed by atoms with Crippen LogP contribution in [0.25, 0.3) is 0 Å². The molecule has 0 aliphatic carbocycles. The first-order valence-electron chi connectivity index (χ1n) is 4.84. The Morgan fingerprint density at radius 2 is 2.00 bits per heavy atom. The maximum atomic E-state index is 5.50. The lowest BCUT2D eigenvalue weighted by atomic mass is 9.95. The van der Waals surface area contributed by atoms with Gasteiger partial charge in [-0.15, -0.1) is 0 Å². The minimum absolute atomic E-state index is 0.245. The lowest BCUT2D eigenvalue weighted by Gasteiger charge is -2.28. The molecule has 0 aromatic rings. The van der Waals surface area contributed by atoms with Crippen molar-refractivity contribution in [3.63, 3.8) is 0 Å². The molecule has 0 aromatic heterocycles. The summed E-state index contributed by atoms with van der Waals surface area (Å²) >= 11 is 0. The van der Waals surface area contributed by atoms with Crippen LogP contribution in [0.15, 0.2) is 0 Å². The summed E-state index contributed by atoms with van der Waals surface area (Å²) in [4.78, 5) is 0. The van der Waals surface area contributed by atoms with E-state index in [9.17, 15) is 0 Å². The molecule has 1 N–H and O–H groups in total. The van der Waals surface area contributed by atoms with Crippen molar-refractivity contribution in [3.8, 4) is 0 Å². The fraction of sp³-hybridized carbons (Fsp3) is 1.00. The van der Waals surface area contributed by atoms with Crippen molar-refractivity contribution in [2.75, 3.05) is 13.7 Å². The highest BCUT2D eigenvalue weighted by molar-refractivity contribution is 4.79. The molecule has 2 nitrogen and oxygen atoms in total. The molecule has 0 bridgehead atoms. The van der Waals surface area contributed by atoms with Crippen LogP contribution >= 0.6 is 0 Å². The van der Waals surface area contributed by atoms with Crippen LogP contribution in [0.4, 0.5) is 0 Å². The lowest BCUT2D eigenvalue weighted by Crippen LogP contribution is -2.40. The highest BCUT2D eigenvalue weighted by Crippen LogP contribution is 2.13. The topological polar surface area (TPSA) is 21.3 Å². The monoisotopic (exact) mass is 173 g/mol. The van der Waals surface area contributed by atoms with Crippen molar-refractivity contribution in [1.29, 1.82) is 0 Å². The zero-order valence-corrected chi connectivity index (χ0v) is 9.11. The van der Waals surface area contributed by atoms with Gasteiger partial charge in [-0.05, 0) is 40.7 Å². The molecule has 0 unspecified atom stereocenters. The van der Waals surface area contributed by atoms with Crippen molar-refractivity contribution in [2.45, 2.75) is 52.2 Å². The molecule has 0 heterocycles. The quantitative estimate of drug-likeness (QED) is 0.665. The molecular formula is C10H23NO. The number of rotatable bonds is 6. The standard InChI is InChI=1S/C10H23NO/c1-6-10(4,11-5)7-8-12-9(2)3/h9,11H,6-8H2,1-5H3/t10-/m0/s1. The first-order valence-corrected chi connectivity index (χ1v) is 4.84. The summed E-state index contributed by atoms with van der Waals surface area (Å²) in [5.41, 5.74) is 0.245. The van der Waals surface area contributed by atoms with Gasteiger partial charge in [-0.2, -0.15) is 0 Å². The summed E-state index contributed by atoms with van der Waals surface area (Å²) in [6.45, 7) is 9.43. The van der Waals surface area contributed by atoms with Gasteiger partial charge in [-0.25, -0.2) is 0 Å². The second-order valence-corrected chi connectivity index (χ2v) is 3.83. The first-order chi connectivity index (χ1) is 5.54. The molecule has 2 heteroatoms. The van der Waals surface area contributed by atoms with Crippen LogP contribution in [0.2, 0.25) is 0 Å². The van der Waals surface area contributed by atoms with E-state index in [1.807, 2.05) is 7.05 Å². The number of hydrogen-bond donors (Lipinski definition) is 1. The van der Waals surface area contributed by atoms with Gasteiger partial charge in [0.15, 0.2) is 0 Å². The van der Waals surface area contributed by atoms with E-state index in [-0.39, 0.29) is 5.54 Å². The predicted octanol–water partition coefficient (Wildman–Crippen LogP) is 2.19. The first kappa shape index (κ1) is 11.9. The molecule has 0 aromatic carbocycles. The Morgan fingerprint density at radius 3 is 2.33 bits per heavy atom. The molecule has 0 fully saturated rings. The zero-order valence-electron chi connectivity index (χ0n) is 9.11. The van der Waals surface area contributed by atoms with Crippen LogP contribution in [0.1, 0.15) is 40.5 Å². The van der Waals surface area contributed by atoms with Gasteiger partial charge in [0, 0.05) is 12.1 Å². The van der Waals surface area contributed by atoms with Gasteiger partial charge in [-0.1, -0.05) is 6.92 Å². The van der Waals surface area contributed by atoms with E-state index in [4.69, 9.17) is 4.74 Å². The third kappa shape index (κ3) is 4.73. The smallest absolute Gasteiger partial charge is 0.0518 e. The second kappa shape index (κ2) is 5.55. The van der Waals surface area contributed by atoms with Crippen molar-refractivity contribution < 1.29 is 4.74 Å². The third-order valence-electron chi connectivity index (χ3n) is 2.49. The molecule has 0 spiro atoms. The molecule has 0 aliphatic heterocycles. The van der Waals surface area contributed by atoms with Gasteiger partial charge < -0.3 is 10.1 Å². The molecule has 0 rings (SSSR count). The van der Waals surface area contributed by atoms with E-state index in [1.54, 1.807) is 0 Å². The Bertz CT molecular complexity index is 108. The average Bonchev–Trinajstić information content (AvgIpc) is 2.03. The minimum atomic E-state index is 0.245. The van der Waals surface area contributed by atoms with E-state index < -0.39 is 0 Å². The van der Waals surface area contributed by atoms with Crippen LogP contribution in [-0.4, -0.2) is 25.3 Å². The summed E-state index contributed by atoms with van der Waals surface area (Å²) in [6.07, 6.45) is 2.58. The van der Waals surface area contributed by atoms with Gasteiger partial charge in [-0.3, -0.25) is 0 Å². The third-order valence-corrected chi connectivity index (χ3v) is 2.49. The Labute approximate surface area is 76.7 Å². The van der Waals surface area contributed by atoms with Gasteiger partial charge in [0.2, 0.25) is 0 Å². The SMILES string of the molecule is CC[C@@](C)(CCOC(C)C)NC. The molecule has 0 radical (unpaired) electrons. The predicted molar refractivity (Wildman–Crippen MR) is 53.5 cm³/mol. The maximum Gasteiger partial charge on any atom is 0.0518 e. The zero-order chi connectivity index (χ0) is 9.61. The fourth-order valence-electron chi connectivity index (χ4n) is 0.998. The Kier molecular flexibility index (Phi) is 5.51. The lowest BCUT2D eigenvalue weighted by molar-refractivity contribution is 0.0622. The van der Waals surface area contributed by atoms with Crippen LogP contribution in [0.5, 0.6) is 0 Å². The minimum Gasteiger partial charge on any atom is -0.379 e. The van der Waals surface area contributed by atoms with Crippen LogP contribution in [0.3, 0.4) is 0 Å². The van der Waals surface area contributed by atoms with E-state index in [0.29, 0.717) is 6.10 Å². The van der Waals surface area contributed by atoms with E-state index in [1.165, 1.54) is 0 Å². The van der Waals surface area contributed by atoms with Crippen molar-refractivity contribution in [1.82, 2.24) is 5.32 Å². The molecule has 12 heavy (non-hydrogen) atoms. The molecule has 0 saturated heterocycles. The summed E-state index contributed by atoms with van der Waals surface area (Å²) in [5, 5.41) is 3.32. The molecule has 0 amide bonds. The number of ether oxygens (including phenoxy) is 1. The normalized spacial score (nSPS) is 16.5. The molecule has 0 saturated carbocycles. The Morgan fingerprint density at radius 1 is 1.42 bits per heavy atom. The summed E-state index contributed by atoms with van der Waals surface area (Å²) < 4.78 is 5.50. The van der Waals surface area contributed by atoms with Crippen molar-refractivity contribution in [2.24, 2.45) is 0 Å². The van der Waals surface area contributed by atoms with Crippen LogP contribution in [0, 0.1) is 0 Å². The summed E-state index contributed by atoms with van der Waals surface area (Å²) in [6, 6.07) is 0. The molecule has 0 aliphatic rings. The van der Waals surface area contributed by atoms with Gasteiger partial charge in [0.05, 0.1) is 6.10 Å². The largest absolute Gasteiger partial charge is 0.379 e. The summed E-state index contributed by atoms with van der Waals surface area (Å²) in [5.74, 6) is 0. The maximum absolute atomic E-state index is 5.50. The average molecular weight is 173 g/mol. The van der Waals surface area contributed by atoms with E-state index in [2.05, 4.69) is 33.0 Å². The van der Waals surface area contributed by atoms with Crippen molar-refractivity contribution in [3.05, 3.63) is 0 Å². The van der Waals surface area contributed by atoms with Gasteiger partial charge >= 0.3 is 0 Å². The molecule has 74 valence electrons. The highest BCUT2D eigenvalue weighted by Gasteiger charge is 2.18. The van der Waals surface area contributed by atoms with Gasteiger partial charge in [0.1, 0.15) is 0 Å². The van der Waals surface area contributed by atoms with E-state index in [0.717, 1.165) is 19.4 Å². The van der Waals surface area contributed by atoms with Crippen LogP contribution in [-0.2, 0) is 4.74 Å². The Balaban J connectivity index is 3.58.